The average Bonchev–Trinajstić information content (AvgIpc) is 2.75. The zero-order valence-electron chi connectivity index (χ0n) is 12.4. The minimum Gasteiger partial charge on any atom is -0.381 e. The van der Waals surface area contributed by atoms with Gasteiger partial charge in [0.05, 0.1) is 5.01 Å². The first-order valence-electron chi connectivity index (χ1n) is 7.29. The molecular weight excluding hydrogens is 256 g/mol. The first-order valence-corrected chi connectivity index (χ1v) is 8.11. The van der Waals surface area contributed by atoms with Crippen molar-refractivity contribution in [2.45, 2.75) is 40.0 Å². The minimum absolute atomic E-state index is 0.367. The molecule has 1 saturated heterocycles. The van der Waals surface area contributed by atoms with E-state index in [1.807, 2.05) is 11.3 Å². The predicted molar refractivity (Wildman–Crippen MR) is 80.7 cm³/mol. The van der Waals surface area contributed by atoms with Crippen LogP contribution in [0.4, 0.5) is 0 Å². The molecule has 3 nitrogen and oxygen atoms in total. The highest BCUT2D eigenvalue weighted by atomic mass is 32.1. The van der Waals surface area contributed by atoms with Crippen molar-refractivity contribution in [1.29, 1.82) is 0 Å². The van der Waals surface area contributed by atoms with Crippen LogP contribution in [0.25, 0.3) is 0 Å². The molecule has 1 fully saturated rings. The van der Waals surface area contributed by atoms with Gasteiger partial charge >= 0.3 is 0 Å². The molecule has 1 aromatic heterocycles. The Balaban J connectivity index is 1.97. The quantitative estimate of drug-likeness (QED) is 0.871. The van der Waals surface area contributed by atoms with E-state index in [4.69, 9.17) is 4.74 Å². The van der Waals surface area contributed by atoms with Gasteiger partial charge in [-0.05, 0) is 44.1 Å². The first-order chi connectivity index (χ1) is 9.10. The second kappa shape index (κ2) is 6.82. The second-order valence-corrected chi connectivity index (χ2v) is 7.48. The molecule has 0 spiro atoms. The number of hydrogen-bond acceptors (Lipinski definition) is 4. The largest absolute Gasteiger partial charge is 0.381 e. The molecule has 4 heteroatoms. The fraction of sp³-hybridized carbons (Fsp3) is 0.800. The molecule has 0 radical (unpaired) electrons. The van der Waals surface area contributed by atoms with E-state index in [1.165, 1.54) is 9.88 Å². The number of hydrogen-bond donors (Lipinski definition) is 1. The molecule has 1 N–H and O–H groups in total. The van der Waals surface area contributed by atoms with E-state index in [0.717, 1.165) is 45.6 Å². The van der Waals surface area contributed by atoms with E-state index >= 15 is 0 Å². The normalized spacial score (nSPS) is 18.9. The summed E-state index contributed by atoms with van der Waals surface area (Å²) in [6.45, 7) is 10.6. The Kier molecular flexibility index (Phi) is 5.37. The Labute approximate surface area is 120 Å². The maximum absolute atomic E-state index is 5.56. The van der Waals surface area contributed by atoms with Gasteiger partial charge in [-0.1, -0.05) is 13.8 Å². The maximum atomic E-state index is 5.56. The molecule has 0 unspecified atom stereocenters. The van der Waals surface area contributed by atoms with Gasteiger partial charge in [-0.25, -0.2) is 4.98 Å². The Bertz CT molecular complexity index is 383. The first kappa shape index (κ1) is 14.9. The summed E-state index contributed by atoms with van der Waals surface area (Å²) >= 11 is 1.84. The van der Waals surface area contributed by atoms with Crippen LogP contribution in [0.3, 0.4) is 0 Å². The second-order valence-electron chi connectivity index (χ2n) is 6.16. The van der Waals surface area contributed by atoms with Gasteiger partial charge in [0.2, 0.25) is 0 Å². The third-order valence-electron chi connectivity index (χ3n) is 3.82. The minimum atomic E-state index is 0.367. The third-order valence-corrected chi connectivity index (χ3v) is 4.74. The summed E-state index contributed by atoms with van der Waals surface area (Å²) in [4.78, 5) is 5.81. The number of ether oxygens (including phenoxy) is 1. The van der Waals surface area contributed by atoms with Crippen LogP contribution in [0, 0.1) is 18.3 Å². The summed E-state index contributed by atoms with van der Waals surface area (Å²) in [5.41, 5.74) is 0.367. The van der Waals surface area contributed by atoms with Crippen molar-refractivity contribution in [1.82, 2.24) is 10.3 Å². The summed E-state index contributed by atoms with van der Waals surface area (Å²) in [5.74, 6) is 0.711. The van der Waals surface area contributed by atoms with Crippen LogP contribution in [0.15, 0.2) is 6.20 Å². The number of thiazole rings is 1. The Morgan fingerprint density at radius 3 is 2.74 bits per heavy atom. The molecule has 1 aliphatic rings. The lowest BCUT2D eigenvalue weighted by Crippen LogP contribution is -2.41. The Morgan fingerprint density at radius 2 is 2.16 bits per heavy atom. The topological polar surface area (TPSA) is 34.2 Å². The molecule has 0 aromatic carbocycles. The molecule has 0 aliphatic carbocycles. The van der Waals surface area contributed by atoms with Crippen molar-refractivity contribution >= 4 is 11.3 Å². The van der Waals surface area contributed by atoms with E-state index in [2.05, 4.69) is 37.3 Å². The van der Waals surface area contributed by atoms with E-state index in [0.29, 0.717) is 11.3 Å². The maximum Gasteiger partial charge on any atom is 0.0896 e. The molecule has 0 amide bonds. The van der Waals surface area contributed by atoms with Gasteiger partial charge in [0.15, 0.2) is 0 Å². The predicted octanol–water partition coefficient (Wildman–Crippen LogP) is 3.04. The molecule has 2 heterocycles. The highest BCUT2D eigenvalue weighted by Crippen LogP contribution is 2.35. The van der Waals surface area contributed by atoms with E-state index in [9.17, 15) is 0 Å². The summed E-state index contributed by atoms with van der Waals surface area (Å²) in [6.07, 6.45) is 5.52. The molecule has 19 heavy (non-hydrogen) atoms. The number of nitrogens with zero attached hydrogens (tertiary/aromatic N) is 1. The fourth-order valence-corrected chi connectivity index (χ4v) is 3.67. The average molecular weight is 282 g/mol. The number of aryl methyl sites for hydroxylation is 1. The van der Waals surface area contributed by atoms with E-state index in [-0.39, 0.29) is 0 Å². The lowest BCUT2D eigenvalue weighted by Gasteiger charge is -2.37. The van der Waals surface area contributed by atoms with Crippen LogP contribution in [0.5, 0.6) is 0 Å². The highest BCUT2D eigenvalue weighted by molar-refractivity contribution is 7.11. The van der Waals surface area contributed by atoms with Crippen LogP contribution in [-0.4, -0.2) is 31.3 Å². The monoisotopic (exact) mass is 282 g/mol. The highest BCUT2D eigenvalue weighted by Gasteiger charge is 2.33. The summed E-state index contributed by atoms with van der Waals surface area (Å²) in [6, 6.07) is 0. The van der Waals surface area contributed by atoms with Crippen LogP contribution in [0.2, 0.25) is 0 Å². The Morgan fingerprint density at radius 1 is 1.42 bits per heavy atom. The molecule has 0 bridgehead atoms. The molecular formula is C15H26N2OS. The lowest BCUT2D eigenvalue weighted by atomic mass is 9.77. The van der Waals surface area contributed by atoms with Gasteiger partial charge in [0.1, 0.15) is 0 Å². The van der Waals surface area contributed by atoms with Gasteiger partial charge in [-0.2, -0.15) is 0 Å². The Hall–Kier alpha value is -0.450. The summed E-state index contributed by atoms with van der Waals surface area (Å²) in [5, 5.41) is 4.82. The number of rotatable bonds is 6. The summed E-state index contributed by atoms with van der Waals surface area (Å²) < 4.78 is 5.56. The van der Waals surface area contributed by atoms with Crippen molar-refractivity contribution in [3.8, 4) is 0 Å². The zero-order chi connectivity index (χ0) is 13.7. The van der Waals surface area contributed by atoms with Crippen molar-refractivity contribution in [2.24, 2.45) is 11.3 Å². The van der Waals surface area contributed by atoms with Gasteiger partial charge in [0.25, 0.3) is 0 Å². The van der Waals surface area contributed by atoms with Crippen LogP contribution >= 0.6 is 11.3 Å². The van der Waals surface area contributed by atoms with Crippen LogP contribution in [0.1, 0.15) is 36.6 Å². The summed E-state index contributed by atoms with van der Waals surface area (Å²) in [7, 11) is 0. The zero-order valence-corrected chi connectivity index (χ0v) is 13.2. The number of nitrogens with one attached hydrogen (secondary N) is 1. The number of aromatic nitrogens is 1. The molecule has 1 aromatic rings. The van der Waals surface area contributed by atoms with E-state index < -0.39 is 0 Å². The molecule has 0 saturated carbocycles. The van der Waals surface area contributed by atoms with E-state index in [1.54, 1.807) is 0 Å². The smallest absolute Gasteiger partial charge is 0.0896 e. The van der Waals surface area contributed by atoms with Crippen LogP contribution in [-0.2, 0) is 11.2 Å². The SMILES string of the molecule is Cc1ncc(CC2(CNCC(C)C)CCOCC2)s1. The van der Waals surface area contributed by atoms with Crippen LogP contribution < -0.4 is 5.32 Å². The standard InChI is InChI=1S/C15H26N2OS/c1-12(2)9-16-11-15(4-6-18-7-5-15)8-14-10-17-13(3)19-14/h10,12,16H,4-9,11H2,1-3H3. The van der Waals surface area contributed by atoms with Gasteiger partial charge in [-0.15, -0.1) is 11.3 Å². The molecule has 2 rings (SSSR count). The third kappa shape index (κ3) is 4.55. The lowest BCUT2D eigenvalue weighted by molar-refractivity contribution is 0.0150. The van der Waals surface area contributed by atoms with Crippen molar-refractivity contribution in [3.63, 3.8) is 0 Å². The van der Waals surface area contributed by atoms with Crippen molar-refractivity contribution in [3.05, 3.63) is 16.1 Å². The van der Waals surface area contributed by atoms with Gasteiger partial charge in [0, 0.05) is 30.8 Å². The van der Waals surface area contributed by atoms with Gasteiger partial charge in [-0.3, -0.25) is 0 Å². The molecule has 108 valence electrons. The van der Waals surface area contributed by atoms with Gasteiger partial charge < -0.3 is 10.1 Å². The fourth-order valence-electron chi connectivity index (χ4n) is 2.70. The molecule has 0 atom stereocenters. The van der Waals surface area contributed by atoms with Crippen molar-refractivity contribution < 1.29 is 4.74 Å². The molecule has 1 aliphatic heterocycles. The van der Waals surface area contributed by atoms with Crippen molar-refractivity contribution in [2.75, 3.05) is 26.3 Å².